The van der Waals surface area contributed by atoms with Gasteiger partial charge in [0, 0.05) is 44.0 Å². The van der Waals surface area contributed by atoms with E-state index >= 15 is 0 Å². The van der Waals surface area contributed by atoms with Crippen molar-refractivity contribution in [2.75, 3.05) is 44.7 Å². The maximum absolute atomic E-state index is 13.4. The standard InChI is InChI=1S/C24H26N4O5/c1-16-13-17(2)15-19(14-16)25-22-21(18-3-5-20(6-4-18)28(31)32)23(29)27(24(22)30)8-7-26-9-11-33-12-10-26/h3-6,13-15,25H,7-12H2,1-2H3. The lowest BCUT2D eigenvalue weighted by molar-refractivity contribution is -0.384. The number of nitrogens with zero attached hydrogens (tertiary/aromatic N) is 3. The fourth-order valence-electron chi connectivity index (χ4n) is 4.17. The first kappa shape index (κ1) is 22.6. The summed E-state index contributed by atoms with van der Waals surface area (Å²) in [4.78, 5) is 40.7. The molecule has 0 radical (unpaired) electrons. The summed E-state index contributed by atoms with van der Waals surface area (Å²) in [5.41, 5.74) is 3.53. The molecule has 2 aliphatic heterocycles. The fourth-order valence-corrected chi connectivity index (χ4v) is 4.17. The Morgan fingerprint density at radius 2 is 1.61 bits per heavy atom. The molecule has 9 heteroatoms. The summed E-state index contributed by atoms with van der Waals surface area (Å²) in [6, 6.07) is 11.5. The van der Waals surface area contributed by atoms with E-state index in [-0.39, 0.29) is 23.5 Å². The highest BCUT2D eigenvalue weighted by atomic mass is 16.6. The Hall–Kier alpha value is -3.56. The quantitative estimate of drug-likeness (QED) is 0.393. The van der Waals surface area contributed by atoms with Crippen molar-refractivity contribution < 1.29 is 19.2 Å². The SMILES string of the molecule is Cc1cc(C)cc(NC2=C(c3ccc([N+](=O)[O-])cc3)C(=O)N(CCN3CCOCC3)C2=O)c1. The Bertz CT molecular complexity index is 1100. The molecule has 2 aromatic carbocycles. The van der Waals surface area contributed by atoms with Gasteiger partial charge in [-0.15, -0.1) is 0 Å². The molecule has 0 unspecified atom stereocenters. The molecule has 2 aliphatic rings. The first-order chi connectivity index (χ1) is 15.8. The van der Waals surface area contributed by atoms with Crippen LogP contribution in [0.4, 0.5) is 11.4 Å². The van der Waals surface area contributed by atoms with Crippen LogP contribution in [0.15, 0.2) is 48.2 Å². The van der Waals surface area contributed by atoms with Gasteiger partial charge in [-0.3, -0.25) is 29.5 Å². The van der Waals surface area contributed by atoms with Crippen molar-refractivity contribution >= 4 is 28.8 Å². The number of carbonyl (C=O) groups excluding carboxylic acids is 2. The predicted octanol–water partition coefficient (Wildman–Crippen LogP) is 2.74. The van der Waals surface area contributed by atoms with E-state index in [1.54, 1.807) is 0 Å². The largest absolute Gasteiger partial charge is 0.379 e. The van der Waals surface area contributed by atoms with Gasteiger partial charge in [-0.2, -0.15) is 0 Å². The number of anilines is 1. The molecule has 1 N–H and O–H groups in total. The van der Waals surface area contributed by atoms with Crippen LogP contribution in [0.5, 0.6) is 0 Å². The predicted molar refractivity (Wildman–Crippen MR) is 124 cm³/mol. The van der Waals surface area contributed by atoms with Gasteiger partial charge in [0.05, 0.1) is 23.7 Å². The zero-order valence-electron chi connectivity index (χ0n) is 18.7. The van der Waals surface area contributed by atoms with Gasteiger partial charge in [0.2, 0.25) is 0 Å². The van der Waals surface area contributed by atoms with Gasteiger partial charge < -0.3 is 10.1 Å². The number of imide groups is 1. The Labute approximate surface area is 191 Å². The summed E-state index contributed by atoms with van der Waals surface area (Å²) in [6.07, 6.45) is 0. The van der Waals surface area contributed by atoms with E-state index in [1.807, 2.05) is 32.0 Å². The lowest BCUT2D eigenvalue weighted by atomic mass is 10.0. The third-order valence-electron chi connectivity index (χ3n) is 5.77. The number of nitrogens with one attached hydrogen (secondary N) is 1. The van der Waals surface area contributed by atoms with Crippen LogP contribution in [-0.4, -0.2) is 65.9 Å². The monoisotopic (exact) mass is 450 g/mol. The molecule has 2 amide bonds. The van der Waals surface area contributed by atoms with Crippen molar-refractivity contribution in [2.24, 2.45) is 0 Å². The van der Waals surface area contributed by atoms with Crippen molar-refractivity contribution in [1.29, 1.82) is 0 Å². The molecule has 0 bridgehead atoms. The molecule has 1 saturated heterocycles. The van der Waals surface area contributed by atoms with E-state index in [2.05, 4.69) is 10.2 Å². The average Bonchev–Trinajstić information content (AvgIpc) is 3.01. The summed E-state index contributed by atoms with van der Waals surface area (Å²) in [6.45, 7) is 7.51. The molecule has 0 spiro atoms. The second-order valence-electron chi connectivity index (χ2n) is 8.27. The molecule has 0 saturated carbocycles. The first-order valence-corrected chi connectivity index (χ1v) is 10.8. The first-order valence-electron chi connectivity index (χ1n) is 10.8. The number of aryl methyl sites for hydroxylation is 2. The zero-order valence-corrected chi connectivity index (χ0v) is 18.7. The zero-order chi connectivity index (χ0) is 23.5. The van der Waals surface area contributed by atoms with Gasteiger partial charge in [0.25, 0.3) is 17.5 Å². The van der Waals surface area contributed by atoms with E-state index in [9.17, 15) is 19.7 Å². The Morgan fingerprint density at radius 1 is 0.970 bits per heavy atom. The van der Waals surface area contributed by atoms with Gasteiger partial charge in [-0.05, 0) is 54.8 Å². The number of carbonyl (C=O) groups is 2. The van der Waals surface area contributed by atoms with Gasteiger partial charge in [-0.1, -0.05) is 6.07 Å². The van der Waals surface area contributed by atoms with Crippen molar-refractivity contribution in [3.63, 3.8) is 0 Å². The Morgan fingerprint density at radius 3 is 2.21 bits per heavy atom. The summed E-state index contributed by atoms with van der Waals surface area (Å²) < 4.78 is 5.36. The molecule has 1 fully saturated rings. The van der Waals surface area contributed by atoms with Gasteiger partial charge in [0.1, 0.15) is 5.70 Å². The number of hydrogen-bond acceptors (Lipinski definition) is 7. The molecule has 4 rings (SSSR count). The Kier molecular flexibility index (Phi) is 6.52. The lowest BCUT2D eigenvalue weighted by Gasteiger charge is -2.28. The van der Waals surface area contributed by atoms with Gasteiger partial charge in [0.15, 0.2) is 0 Å². The highest BCUT2D eigenvalue weighted by molar-refractivity contribution is 6.36. The summed E-state index contributed by atoms with van der Waals surface area (Å²) in [5.74, 6) is -0.810. The van der Waals surface area contributed by atoms with E-state index in [4.69, 9.17) is 4.74 Å². The maximum atomic E-state index is 13.4. The number of ether oxygens (including phenoxy) is 1. The van der Waals surface area contributed by atoms with Crippen LogP contribution in [0.2, 0.25) is 0 Å². The summed E-state index contributed by atoms with van der Waals surface area (Å²) >= 11 is 0. The van der Waals surface area contributed by atoms with E-state index in [0.717, 1.165) is 24.2 Å². The van der Waals surface area contributed by atoms with Crippen molar-refractivity contribution in [1.82, 2.24) is 9.80 Å². The number of morpholine rings is 1. The molecule has 2 heterocycles. The summed E-state index contributed by atoms with van der Waals surface area (Å²) in [7, 11) is 0. The highest BCUT2D eigenvalue weighted by Crippen LogP contribution is 2.31. The molecule has 33 heavy (non-hydrogen) atoms. The van der Waals surface area contributed by atoms with E-state index in [0.29, 0.717) is 31.0 Å². The van der Waals surface area contributed by atoms with Crippen LogP contribution >= 0.6 is 0 Å². The molecule has 0 atom stereocenters. The van der Waals surface area contributed by atoms with Crippen molar-refractivity contribution in [2.45, 2.75) is 13.8 Å². The number of benzene rings is 2. The number of non-ortho nitro benzene ring substituents is 1. The number of rotatable bonds is 7. The van der Waals surface area contributed by atoms with Crippen molar-refractivity contribution in [3.8, 4) is 0 Å². The lowest BCUT2D eigenvalue weighted by Crippen LogP contribution is -2.43. The third kappa shape index (κ3) is 4.94. The topological polar surface area (TPSA) is 105 Å². The minimum atomic E-state index is -0.497. The summed E-state index contributed by atoms with van der Waals surface area (Å²) in [5, 5.41) is 14.2. The van der Waals surface area contributed by atoms with Gasteiger partial charge in [-0.25, -0.2) is 0 Å². The number of hydrogen-bond donors (Lipinski definition) is 1. The third-order valence-corrected chi connectivity index (χ3v) is 5.77. The molecule has 172 valence electrons. The molecule has 0 aliphatic carbocycles. The van der Waals surface area contributed by atoms with Crippen LogP contribution in [-0.2, 0) is 14.3 Å². The smallest absolute Gasteiger partial charge is 0.278 e. The second-order valence-corrected chi connectivity index (χ2v) is 8.27. The van der Waals surface area contributed by atoms with Gasteiger partial charge >= 0.3 is 0 Å². The normalized spacial score (nSPS) is 17.1. The van der Waals surface area contributed by atoms with Crippen LogP contribution < -0.4 is 5.32 Å². The average molecular weight is 450 g/mol. The molecule has 2 aromatic rings. The number of nitro groups is 1. The highest BCUT2D eigenvalue weighted by Gasteiger charge is 2.39. The van der Waals surface area contributed by atoms with Crippen LogP contribution in [0, 0.1) is 24.0 Å². The molecule has 9 nitrogen and oxygen atoms in total. The van der Waals surface area contributed by atoms with E-state index in [1.165, 1.54) is 29.2 Å². The fraction of sp³-hybridized carbons (Fsp3) is 0.333. The molecular formula is C24H26N4O5. The minimum absolute atomic E-state index is 0.0795. The van der Waals surface area contributed by atoms with Crippen molar-refractivity contribution in [3.05, 3.63) is 75.0 Å². The van der Waals surface area contributed by atoms with Crippen LogP contribution in [0.3, 0.4) is 0 Å². The maximum Gasteiger partial charge on any atom is 0.278 e. The molecular weight excluding hydrogens is 424 g/mol. The molecule has 0 aromatic heterocycles. The van der Waals surface area contributed by atoms with E-state index < -0.39 is 16.7 Å². The minimum Gasteiger partial charge on any atom is -0.379 e. The Balaban J connectivity index is 1.66. The number of amides is 2. The van der Waals surface area contributed by atoms with Crippen LogP contribution in [0.1, 0.15) is 16.7 Å². The van der Waals surface area contributed by atoms with Crippen LogP contribution in [0.25, 0.3) is 5.57 Å². The second kappa shape index (κ2) is 9.51. The number of nitro benzene ring substituents is 1.